The van der Waals surface area contributed by atoms with Gasteiger partial charge in [-0.1, -0.05) is 12.1 Å². The van der Waals surface area contributed by atoms with Gasteiger partial charge in [-0.25, -0.2) is 19.0 Å². The second kappa shape index (κ2) is 10.4. The number of nitrogens with one attached hydrogen (secondary N) is 2. The number of nitrogens with zero attached hydrogens (tertiary/aromatic N) is 4. The number of guanidine groups is 1. The van der Waals surface area contributed by atoms with Crippen LogP contribution in [-0.4, -0.2) is 46.0 Å². The molecule has 9 heteroatoms. The normalized spacial score (nSPS) is 17.4. The average Bonchev–Trinajstić information content (AvgIpc) is 3.10. The van der Waals surface area contributed by atoms with Crippen molar-refractivity contribution in [1.82, 2.24) is 25.4 Å². The van der Waals surface area contributed by atoms with Crippen molar-refractivity contribution in [2.45, 2.75) is 45.4 Å². The molecule has 27 heavy (non-hydrogen) atoms. The van der Waals surface area contributed by atoms with Crippen molar-refractivity contribution in [1.29, 1.82) is 0 Å². The van der Waals surface area contributed by atoms with Gasteiger partial charge in [0, 0.05) is 19.0 Å². The van der Waals surface area contributed by atoms with Crippen LogP contribution in [0, 0.1) is 5.82 Å². The maximum Gasteiger partial charge on any atom is 0.191 e. The van der Waals surface area contributed by atoms with Crippen LogP contribution in [-0.2, 0) is 13.0 Å². The summed E-state index contributed by atoms with van der Waals surface area (Å²) in [4.78, 5) is 8.82. The lowest BCUT2D eigenvalue weighted by Crippen LogP contribution is -2.47. The lowest BCUT2D eigenvalue weighted by atomic mass is 10.1. The van der Waals surface area contributed by atoms with E-state index in [-0.39, 0.29) is 47.7 Å². The smallest absolute Gasteiger partial charge is 0.191 e. The van der Waals surface area contributed by atoms with Gasteiger partial charge < -0.3 is 15.4 Å². The molecule has 0 bridgehead atoms. The van der Waals surface area contributed by atoms with Gasteiger partial charge in [0.25, 0.3) is 0 Å². The third-order valence-electron chi connectivity index (χ3n) is 4.16. The van der Waals surface area contributed by atoms with E-state index in [4.69, 9.17) is 4.74 Å². The third-order valence-corrected chi connectivity index (χ3v) is 4.16. The Kier molecular flexibility index (Phi) is 8.26. The molecule has 0 aliphatic carbocycles. The van der Waals surface area contributed by atoms with E-state index in [0.717, 1.165) is 37.7 Å². The van der Waals surface area contributed by atoms with Crippen LogP contribution in [0.1, 0.15) is 26.1 Å². The SMILES string of the molecule is CCNC(=NCC(C)Oc1ccccc1F)NC1CCc2ncnn2C1.I. The zero-order valence-electron chi connectivity index (χ0n) is 15.6. The molecule has 1 aliphatic rings. The second-order valence-electron chi connectivity index (χ2n) is 6.32. The number of para-hydroxylation sites is 1. The molecular weight excluding hydrogens is 462 g/mol. The van der Waals surface area contributed by atoms with E-state index in [9.17, 15) is 4.39 Å². The molecule has 3 rings (SSSR count). The highest BCUT2D eigenvalue weighted by molar-refractivity contribution is 14.0. The number of aromatic nitrogens is 3. The Balaban J connectivity index is 0.00000261. The van der Waals surface area contributed by atoms with E-state index in [1.54, 1.807) is 24.5 Å². The number of benzene rings is 1. The molecule has 2 heterocycles. The van der Waals surface area contributed by atoms with Gasteiger partial charge in [-0.3, -0.25) is 0 Å². The lowest BCUT2D eigenvalue weighted by Gasteiger charge is -2.25. The average molecular weight is 488 g/mol. The minimum Gasteiger partial charge on any atom is -0.486 e. The Hall–Kier alpha value is -1.91. The van der Waals surface area contributed by atoms with Gasteiger partial charge in [0.05, 0.1) is 13.1 Å². The van der Waals surface area contributed by atoms with Gasteiger partial charge >= 0.3 is 0 Å². The molecule has 1 aromatic carbocycles. The standard InChI is InChI=1S/C18H25FN6O.HI/c1-3-20-18(24-14-8-9-17-22-12-23-25(17)11-14)21-10-13(2)26-16-7-5-4-6-15(16)19;/h4-7,12-14H,3,8-11H2,1-2H3,(H2,20,21,24);1H. The lowest BCUT2D eigenvalue weighted by molar-refractivity contribution is 0.220. The predicted octanol–water partition coefficient (Wildman–Crippen LogP) is 2.37. The Morgan fingerprint density at radius 3 is 3.04 bits per heavy atom. The fraction of sp³-hybridized carbons (Fsp3) is 0.500. The molecule has 7 nitrogen and oxygen atoms in total. The van der Waals surface area contributed by atoms with Crippen LogP contribution >= 0.6 is 24.0 Å². The summed E-state index contributed by atoms with van der Waals surface area (Å²) in [6.07, 6.45) is 3.23. The quantitative estimate of drug-likeness (QED) is 0.371. The first kappa shape index (κ1) is 21.4. The molecular formula is C18H26FIN6O. The summed E-state index contributed by atoms with van der Waals surface area (Å²) in [6.45, 7) is 5.84. The van der Waals surface area contributed by atoms with Crippen LogP contribution in [0.25, 0.3) is 0 Å². The Morgan fingerprint density at radius 1 is 1.44 bits per heavy atom. The molecule has 2 unspecified atom stereocenters. The van der Waals surface area contributed by atoms with Gasteiger partial charge in [0.2, 0.25) is 0 Å². The van der Waals surface area contributed by atoms with Gasteiger partial charge in [-0.2, -0.15) is 5.10 Å². The Morgan fingerprint density at radius 2 is 2.26 bits per heavy atom. The van der Waals surface area contributed by atoms with E-state index in [2.05, 4.69) is 25.7 Å². The monoisotopic (exact) mass is 488 g/mol. The van der Waals surface area contributed by atoms with Crippen molar-refractivity contribution < 1.29 is 9.13 Å². The molecule has 0 spiro atoms. The minimum absolute atomic E-state index is 0. The van der Waals surface area contributed by atoms with Crippen molar-refractivity contribution in [3.63, 3.8) is 0 Å². The van der Waals surface area contributed by atoms with Gasteiger partial charge in [-0.15, -0.1) is 24.0 Å². The molecule has 0 saturated carbocycles. The molecule has 0 amide bonds. The van der Waals surface area contributed by atoms with E-state index in [1.165, 1.54) is 6.07 Å². The van der Waals surface area contributed by atoms with Crippen molar-refractivity contribution in [2.24, 2.45) is 4.99 Å². The summed E-state index contributed by atoms with van der Waals surface area (Å²) in [5.74, 6) is 1.64. The molecule has 0 saturated heterocycles. The Bertz CT molecular complexity index is 753. The van der Waals surface area contributed by atoms with E-state index in [1.807, 2.05) is 18.5 Å². The highest BCUT2D eigenvalue weighted by atomic mass is 127. The van der Waals surface area contributed by atoms with Crippen LogP contribution in [0.15, 0.2) is 35.6 Å². The van der Waals surface area contributed by atoms with Crippen LogP contribution in [0.2, 0.25) is 0 Å². The number of fused-ring (bicyclic) bond motifs is 1. The Labute approximate surface area is 175 Å². The molecule has 2 aromatic rings. The summed E-state index contributed by atoms with van der Waals surface area (Å²) < 4.78 is 21.2. The van der Waals surface area contributed by atoms with E-state index >= 15 is 0 Å². The zero-order chi connectivity index (χ0) is 18.4. The summed E-state index contributed by atoms with van der Waals surface area (Å²) in [6, 6.07) is 6.64. The maximum atomic E-state index is 13.7. The van der Waals surface area contributed by atoms with Gasteiger partial charge in [0.15, 0.2) is 17.5 Å². The molecule has 1 aromatic heterocycles. The first-order valence-corrected chi connectivity index (χ1v) is 8.98. The summed E-state index contributed by atoms with van der Waals surface area (Å²) in [7, 11) is 0. The summed E-state index contributed by atoms with van der Waals surface area (Å²) in [5, 5.41) is 10.9. The fourth-order valence-corrected chi connectivity index (χ4v) is 2.88. The highest BCUT2D eigenvalue weighted by Crippen LogP contribution is 2.17. The molecule has 1 aliphatic heterocycles. The second-order valence-corrected chi connectivity index (χ2v) is 6.32. The van der Waals surface area contributed by atoms with Crippen LogP contribution < -0.4 is 15.4 Å². The largest absolute Gasteiger partial charge is 0.486 e. The minimum atomic E-state index is -0.362. The number of halogens is 2. The number of aliphatic imine (C=N–C) groups is 1. The fourth-order valence-electron chi connectivity index (χ4n) is 2.88. The summed E-state index contributed by atoms with van der Waals surface area (Å²) >= 11 is 0. The summed E-state index contributed by atoms with van der Waals surface area (Å²) in [5.41, 5.74) is 0. The molecule has 2 atom stereocenters. The first-order chi connectivity index (χ1) is 12.7. The van der Waals surface area contributed by atoms with Crippen molar-refractivity contribution in [2.75, 3.05) is 13.1 Å². The van der Waals surface area contributed by atoms with Crippen molar-refractivity contribution >= 4 is 29.9 Å². The van der Waals surface area contributed by atoms with Crippen LogP contribution in [0.4, 0.5) is 4.39 Å². The van der Waals surface area contributed by atoms with E-state index in [0.29, 0.717) is 6.54 Å². The highest BCUT2D eigenvalue weighted by Gasteiger charge is 2.20. The molecule has 148 valence electrons. The molecule has 0 fully saturated rings. The van der Waals surface area contributed by atoms with E-state index < -0.39 is 0 Å². The van der Waals surface area contributed by atoms with Gasteiger partial charge in [0.1, 0.15) is 18.3 Å². The number of hydrogen-bond acceptors (Lipinski definition) is 4. The number of ether oxygens (including phenoxy) is 1. The van der Waals surface area contributed by atoms with Crippen LogP contribution in [0.5, 0.6) is 5.75 Å². The topological polar surface area (TPSA) is 76.4 Å². The number of aryl methyl sites for hydroxylation is 1. The molecule has 2 N–H and O–H groups in total. The van der Waals surface area contributed by atoms with Crippen molar-refractivity contribution in [3.8, 4) is 5.75 Å². The predicted molar refractivity (Wildman–Crippen MR) is 113 cm³/mol. The van der Waals surface area contributed by atoms with Crippen LogP contribution in [0.3, 0.4) is 0 Å². The van der Waals surface area contributed by atoms with Gasteiger partial charge in [-0.05, 0) is 32.4 Å². The first-order valence-electron chi connectivity index (χ1n) is 8.98. The maximum absolute atomic E-state index is 13.7. The molecule has 0 radical (unpaired) electrons. The van der Waals surface area contributed by atoms with Crippen molar-refractivity contribution in [3.05, 3.63) is 42.2 Å². The number of rotatable bonds is 6. The zero-order valence-corrected chi connectivity index (χ0v) is 17.9. The number of hydrogen-bond donors (Lipinski definition) is 2. The third kappa shape index (κ3) is 6.05.